The second kappa shape index (κ2) is 7.41. The largest absolute Gasteiger partial charge is 0.481 e. The molecule has 0 bridgehead atoms. The zero-order chi connectivity index (χ0) is 14.8. The van der Waals surface area contributed by atoms with E-state index in [4.69, 9.17) is 5.11 Å². The lowest BCUT2D eigenvalue weighted by atomic mass is 10.2. The number of carbonyl (C=O) groups excluding carboxylic acids is 1. The maximum Gasteiger partial charge on any atom is 0.304 e. The summed E-state index contributed by atoms with van der Waals surface area (Å²) in [5, 5.41) is 10.7. The molecule has 1 N–H and O–H groups in total. The number of thiophene rings is 2. The van der Waals surface area contributed by atoms with Gasteiger partial charge >= 0.3 is 5.97 Å². The maximum absolute atomic E-state index is 12.5. The highest BCUT2D eigenvalue weighted by molar-refractivity contribution is 7.27. The van der Waals surface area contributed by atoms with Gasteiger partial charge < -0.3 is 10.0 Å². The van der Waals surface area contributed by atoms with Gasteiger partial charge in [0.1, 0.15) is 0 Å². The first-order valence-corrected chi connectivity index (χ1v) is 8.53. The van der Waals surface area contributed by atoms with E-state index < -0.39 is 5.97 Å². The predicted molar refractivity (Wildman–Crippen MR) is 91.5 cm³/mol. The second-order valence-electron chi connectivity index (χ2n) is 5.04. The van der Waals surface area contributed by atoms with E-state index in [9.17, 15) is 9.59 Å². The molecule has 1 saturated heterocycles. The van der Waals surface area contributed by atoms with Gasteiger partial charge in [-0.15, -0.1) is 35.1 Å². The van der Waals surface area contributed by atoms with E-state index in [0.29, 0.717) is 19.6 Å². The molecule has 3 rings (SSSR count). The summed E-state index contributed by atoms with van der Waals surface area (Å²) in [4.78, 5) is 27.8. The Labute approximate surface area is 142 Å². The summed E-state index contributed by atoms with van der Waals surface area (Å²) < 4.78 is 2.34. The van der Waals surface area contributed by atoms with Crippen molar-refractivity contribution in [3.05, 3.63) is 22.4 Å². The van der Waals surface area contributed by atoms with E-state index in [2.05, 4.69) is 4.90 Å². The normalized spacial score (nSPS) is 15.7. The zero-order valence-electron chi connectivity index (χ0n) is 11.9. The fourth-order valence-corrected chi connectivity index (χ4v) is 4.53. The lowest BCUT2D eigenvalue weighted by Crippen LogP contribution is -2.48. The molecule has 1 aliphatic rings. The summed E-state index contributed by atoms with van der Waals surface area (Å²) in [6.45, 7) is 3.40. The molecule has 2 aromatic rings. The molecule has 2 aromatic heterocycles. The Hall–Kier alpha value is -1.15. The average molecular weight is 361 g/mol. The second-order valence-corrected chi connectivity index (χ2v) is 7.07. The number of aliphatic carboxylic acids is 1. The van der Waals surface area contributed by atoms with E-state index in [0.717, 1.165) is 18.0 Å². The van der Waals surface area contributed by atoms with Crippen LogP contribution in [0.2, 0.25) is 0 Å². The minimum atomic E-state index is -0.771. The Balaban J connectivity index is 0.00000176. The van der Waals surface area contributed by atoms with Crippen LogP contribution in [0.25, 0.3) is 9.40 Å². The van der Waals surface area contributed by atoms with Crippen molar-refractivity contribution in [3.8, 4) is 0 Å². The van der Waals surface area contributed by atoms with Crippen LogP contribution in [0, 0.1) is 0 Å². The van der Waals surface area contributed by atoms with Gasteiger partial charge in [-0.1, -0.05) is 0 Å². The van der Waals surface area contributed by atoms with Crippen LogP contribution in [-0.2, 0) is 4.79 Å². The number of carbonyl (C=O) groups is 2. The Morgan fingerprint density at radius 1 is 1.18 bits per heavy atom. The van der Waals surface area contributed by atoms with Crippen LogP contribution in [0.4, 0.5) is 0 Å². The van der Waals surface area contributed by atoms with Gasteiger partial charge in [0.15, 0.2) is 0 Å². The number of fused-ring (bicyclic) bond motifs is 1. The van der Waals surface area contributed by atoms with Gasteiger partial charge in [0.2, 0.25) is 0 Å². The lowest BCUT2D eigenvalue weighted by molar-refractivity contribution is -0.137. The molecule has 0 saturated carbocycles. The number of piperazine rings is 1. The fraction of sp³-hybridized carbons (Fsp3) is 0.429. The third kappa shape index (κ3) is 3.78. The molecule has 1 aliphatic heterocycles. The third-order valence-electron chi connectivity index (χ3n) is 3.65. The predicted octanol–water partition coefficient (Wildman–Crippen LogP) is 2.62. The first-order valence-electron chi connectivity index (χ1n) is 6.84. The molecule has 120 valence electrons. The molecule has 0 aromatic carbocycles. The molecule has 5 nitrogen and oxygen atoms in total. The number of amides is 1. The first kappa shape index (κ1) is 17.2. The number of rotatable bonds is 4. The van der Waals surface area contributed by atoms with Crippen molar-refractivity contribution in [3.63, 3.8) is 0 Å². The summed E-state index contributed by atoms with van der Waals surface area (Å²) in [5.41, 5.74) is 0. The molecule has 0 unspecified atom stereocenters. The Bertz CT molecular complexity index is 633. The molecule has 0 aliphatic carbocycles. The van der Waals surface area contributed by atoms with Crippen LogP contribution in [0.1, 0.15) is 16.1 Å². The molecule has 3 heterocycles. The summed E-state index contributed by atoms with van der Waals surface area (Å²) in [5.74, 6) is -0.673. The average Bonchev–Trinajstić information content (AvgIpc) is 3.06. The smallest absolute Gasteiger partial charge is 0.304 e. The van der Waals surface area contributed by atoms with E-state index >= 15 is 0 Å². The van der Waals surface area contributed by atoms with Crippen molar-refractivity contribution in [1.29, 1.82) is 0 Å². The molecule has 0 atom stereocenters. The highest BCUT2D eigenvalue weighted by atomic mass is 35.5. The van der Waals surface area contributed by atoms with Crippen molar-refractivity contribution in [1.82, 2.24) is 9.80 Å². The Kier molecular flexibility index (Phi) is 5.80. The van der Waals surface area contributed by atoms with Crippen LogP contribution in [0.15, 0.2) is 17.5 Å². The van der Waals surface area contributed by atoms with Gasteiger partial charge in [-0.05, 0) is 17.5 Å². The Morgan fingerprint density at radius 3 is 2.55 bits per heavy atom. The molecular weight excluding hydrogens is 344 g/mol. The minimum absolute atomic E-state index is 0. The summed E-state index contributed by atoms with van der Waals surface area (Å²) in [6, 6.07) is 4.02. The highest BCUT2D eigenvalue weighted by Crippen LogP contribution is 2.30. The van der Waals surface area contributed by atoms with E-state index in [1.165, 1.54) is 9.40 Å². The molecule has 8 heteroatoms. The standard InChI is InChI=1S/C14H16N2O3S2.ClH/c17-13(18)1-3-15-4-6-16(7-5-15)14(19)12-9-11-10(21-12)2-8-20-11;/h2,8-9H,1,3-7H2,(H,17,18);1H. The third-order valence-corrected chi connectivity index (χ3v) is 5.73. The van der Waals surface area contributed by atoms with Crippen LogP contribution >= 0.6 is 35.1 Å². The summed E-state index contributed by atoms with van der Waals surface area (Å²) in [6.07, 6.45) is 0.162. The van der Waals surface area contributed by atoms with Gasteiger partial charge in [-0.25, -0.2) is 0 Å². The van der Waals surface area contributed by atoms with Gasteiger partial charge in [0.25, 0.3) is 5.91 Å². The fourth-order valence-electron chi connectivity index (χ4n) is 2.46. The number of nitrogens with zero attached hydrogens (tertiary/aromatic N) is 2. The highest BCUT2D eigenvalue weighted by Gasteiger charge is 2.23. The van der Waals surface area contributed by atoms with Crippen molar-refractivity contribution in [2.24, 2.45) is 0 Å². The van der Waals surface area contributed by atoms with Crippen LogP contribution in [0.3, 0.4) is 0 Å². The van der Waals surface area contributed by atoms with E-state index in [-0.39, 0.29) is 24.7 Å². The zero-order valence-corrected chi connectivity index (χ0v) is 14.3. The maximum atomic E-state index is 12.5. The SMILES string of the molecule is Cl.O=C(O)CCN1CCN(C(=O)c2cc3sccc3s2)CC1. The van der Waals surface area contributed by atoms with Crippen molar-refractivity contribution in [2.45, 2.75) is 6.42 Å². The van der Waals surface area contributed by atoms with Gasteiger partial charge in [0.05, 0.1) is 11.3 Å². The quantitative estimate of drug-likeness (QED) is 0.910. The Morgan fingerprint density at radius 2 is 1.91 bits per heavy atom. The number of carboxylic acid groups (broad SMARTS) is 1. The lowest BCUT2D eigenvalue weighted by Gasteiger charge is -2.34. The first-order chi connectivity index (χ1) is 10.1. The minimum Gasteiger partial charge on any atom is -0.481 e. The molecule has 0 spiro atoms. The molecule has 22 heavy (non-hydrogen) atoms. The summed E-state index contributed by atoms with van der Waals surface area (Å²) >= 11 is 3.21. The number of carboxylic acids is 1. The van der Waals surface area contributed by atoms with Crippen LogP contribution in [-0.4, -0.2) is 59.5 Å². The van der Waals surface area contributed by atoms with Gasteiger partial charge in [-0.2, -0.15) is 0 Å². The number of hydrogen-bond donors (Lipinski definition) is 1. The van der Waals surface area contributed by atoms with Gasteiger partial charge in [-0.3, -0.25) is 14.5 Å². The van der Waals surface area contributed by atoms with Crippen LogP contribution < -0.4 is 0 Å². The van der Waals surface area contributed by atoms with E-state index in [1.807, 2.05) is 22.4 Å². The molecule has 1 fully saturated rings. The van der Waals surface area contributed by atoms with Gasteiger partial charge in [0, 0.05) is 42.1 Å². The van der Waals surface area contributed by atoms with Crippen LogP contribution in [0.5, 0.6) is 0 Å². The topological polar surface area (TPSA) is 60.9 Å². The van der Waals surface area contributed by atoms with Crippen molar-refractivity contribution < 1.29 is 14.7 Å². The van der Waals surface area contributed by atoms with Crippen molar-refractivity contribution in [2.75, 3.05) is 32.7 Å². The number of halogens is 1. The molecule has 0 radical (unpaired) electrons. The number of hydrogen-bond acceptors (Lipinski definition) is 5. The monoisotopic (exact) mass is 360 g/mol. The molecule has 1 amide bonds. The summed E-state index contributed by atoms with van der Waals surface area (Å²) in [7, 11) is 0. The van der Waals surface area contributed by atoms with Crippen molar-refractivity contribution >= 4 is 56.4 Å². The van der Waals surface area contributed by atoms with E-state index in [1.54, 1.807) is 22.7 Å². The molecular formula is C14H17ClN2O3S2.